The van der Waals surface area contributed by atoms with E-state index in [0.717, 1.165) is 11.1 Å². The summed E-state index contributed by atoms with van der Waals surface area (Å²) >= 11 is 0. The van der Waals surface area contributed by atoms with Gasteiger partial charge >= 0.3 is 11.9 Å². The van der Waals surface area contributed by atoms with Crippen molar-refractivity contribution in [2.45, 2.75) is 239 Å². The van der Waals surface area contributed by atoms with E-state index in [-0.39, 0.29) is 85.9 Å². The molecular weight excluding hydrogens is 1270 g/mol. The average Bonchev–Trinajstić information content (AvgIpc) is 0.777. The van der Waals surface area contributed by atoms with Crippen LogP contribution in [0.1, 0.15) is 191 Å². The number of rotatable bonds is 11. The largest absolute Gasteiger partial charge is 0.493 e. The molecule has 0 saturated carbocycles. The van der Waals surface area contributed by atoms with Crippen LogP contribution in [0.15, 0.2) is 84.9 Å². The monoisotopic (exact) mass is 1390 g/mol. The third-order valence-electron chi connectivity index (χ3n) is 20.9. The first-order chi connectivity index (χ1) is 46.6. The fourth-order valence-corrected chi connectivity index (χ4v) is 13.0. The van der Waals surface area contributed by atoms with Crippen LogP contribution in [0.2, 0.25) is 0 Å². The SMILES string of the molecule is CCC(C)C1C(=O)C(C)(C)NCC(=O)C(C)(C)N(C)CCC=CC(=O)OCC(C)(C)C(=O)C(=O)N2CCCCC2C(=O)O[C@H](CCc2ccc(OC)c(OC)c2)c2cccc(c2)NC(=O)CCC(=O)C(C)(C)N(C)C(CC(C)C)C(=O)C(C)(C)N[C@H](Cc2ccccc2)C(=O)C(C)(C)N1C. The minimum absolute atomic E-state index is 0.0111. The molecule has 100 heavy (non-hydrogen) atoms. The van der Waals surface area contributed by atoms with Crippen LogP contribution in [-0.2, 0) is 70.3 Å². The van der Waals surface area contributed by atoms with Gasteiger partial charge in [0.25, 0.3) is 5.91 Å². The summed E-state index contributed by atoms with van der Waals surface area (Å²) in [5.41, 5.74) is -5.20. The maximum absolute atomic E-state index is 15.7. The number of ketones is 6. The number of esters is 2. The number of piperidine rings is 1. The predicted molar refractivity (Wildman–Crippen MR) is 389 cm³/mol. The van der Waals surface area contributed by atoms with Crippen molar-refractivity contribution < 1.29 is 66.9 Å². The van der Waals surface area contributed by atoms with E-state index in [9.17, 15) is 33.6 Å². The highest BCUT2D eigenvalue weighted by atomic mass is 16.5. The number of likely N-dealkylation sites (N-methyl/N-ethyl adjacent to an activating group) is 3. The van der Waals surface area contributed by atoms with Gasteiger partial charge in [-0.3, -0.25) is 63.7 Å². The number of carbonyl (C=O) groups excluding carboxylic acids is 10. The van der Waals surface area contributed by atoms with Crippen LogP contribution in [-0.4, -0.2) is 192 Å². The van der Waals surface area contributed by atoms with Crippen LogP contribution >= 0.6 is 0 Å². The highest BCUT2D eigenvalue weighted by Gasteiger charge is 2.50. The van der Waals surface area contributed by atoms with Crippen molar-refractivity contribution in [1.29, 1.82) is 0 Å². The number of fused-ring (bicyclic) bond motifs is 3. The molecule has 3 aromatic carbocycles. The lowest BCUT2D eigenvalue weighted by molar-refractivity contribution is -0.165. The van der Waals surface area contributed by atoms with Gasteiger partial charge in [-0.1, -0.05) is 88.7 Å². The van der Waals surface area contributed by atoms with Crippen LogP contribution in [0.4, 0.5) is 5.69 Å². The molecule has 5 rings (SSSR count). The van der Waals surface area contributed by atoms with Crippen molar-refractivity contribution in [2.24, 2.45) is 17.3 Å². The van der Waals surface area contributed by atoms with Gasteiger partial charge < -0.3 is 29.2 Å². The molecule has 4 unspecified atom stereocenters. The Morgan fingerprint density at radius 2 is 1.32 bits per heavy atom. The number of amides is 2. The van der Waals surface area contributed by atoms with E-state index in [2.05, 4.69) is 16.0 Å². The second-order valence-electron chi connectivity index (χ2n) is 31.1. The zero-order valence-electron chi connectivity index (χ0n) is 63.7. The Bertz CT molecular complexity index is 3410. The summed E-state index contributed by atoms with van der Waals surface area (Å²) in [6.07, 6.45) is 4.92. The van der Waals surface area contributed by atoms with Gasteiger partial charge in [-0.15, -0.1) is 0 Å². The summed E-state index contributed by atoms with van der Waals surface area (Å²) in [5.74, 6) is -4.18. The van der Waals surface area contributed by atoms with Gasteiger partial charge in [0.05, 0.1) is 72.0 Å². The number of ether oxygens (including phenoxy) is 4. The number of aryl methyl sites for hydroxylation is 1. The highest BCUT2D eigenvalue weighted by molar-refractivity contribution is 6.38. The Balaban J connectivity index is 1.54. The minimum atomic E-state index is -1.50. The molecular formula is C79H117N7O14. The molecule has 3 aromatic rings. The molecule has 2 aliphatic heterocycles. The molecule has 552 valence electrons. The van der Waals surface area contributed by atoms with Crippen LogP contribution in [0.3, 0.4) is 0 Å². The summed E-state index contributed by atoms with van der Waals surface area (Å²) in [4.78, 5) is 152. The van der Waals surface area contributed by atoms with E-state index in [1.165, 1.54) is 39.0 Å². The van der Waals surface area contributed by atoms with Crippen LogP contribution in [0.5, 0.6) is 11.5 Å². The average molecular weight is 1390 g/mol. The fraction of sp³-hybridized carbons (Fsp3) is 0.620. The van der Waals surface area contributed by atoms with Gasteiger partial charge in [0, 0.05) is 37.7 Å². The van der Waals surface area contributed by atoms with Gasteiger partial charge in [-0.25, -0.2) is 9.59 Å². The molecule has 21 heteroatoms. The molecule has 3 N–H and O–H groups in total. The normalized spacial score (nSPS) is 24.9. The number of nitrogens with zero attached hydrogens (tertiary/aromatic N) is 4. The molecule has 0 aliphatic carbocycles. The third-order valence-corrected chi connectivity index (χ3v) is 20.9. The van der Waals surface area contributed by atoms with Gasteiger partial charge in [0.2, 0.25) is 11.7 Å². The molecule has 6 atom stereocenters. The van der Waals surface area contributed by atoms with Crippen molar-refractivity contribution in [3.05, 3.63) is 102 Å². The first-order valence-corrected chi connectivity index (χ1v) is 35.5. The molecule has 21 nitrogen and oxygen atoms in total. The first kappa shape index (κ1) is 83.4. The van der Waals surface area contributed by atoms with Crippen LogP contribution in [0, 0.1) is 17.3 Å². The van der Waals surface area contributed by atoms with Gasteiger partial charge in [-0.05, 0) is 208 Å². The number of anilines is 1. The lowest BCUT2D eigenvalue weighted by Gasteiger charge is -2.46. The van der Waals surface area contributed by atoms with E-state index in [1.54, 1.807) is 132 Å². The molecule has 2 heterocycles. The first-order valence-electron chi connectivity index (χ1n) is 35.5. The zero-order chi connectivity index (χ0) is 75.0. The summed E-state index contributed by atoms with van der Waals surface area (Å²) in [5, 5.41) is 9.74. The standard InChI is InChI=1S/C79H117N7O14/c1-22-52(4)67-70(93)75(7,8)80-49-64(88)77(11,12)83(17)43-28-27-36-66(90)99-50-74(5,6)71(94)72(95)86-44-29-26-35-58(86)73(96)100-60(39-37-54-38-40-61(97-20)62(47-54)98-21)55-33-30-34-56(48-55)81-65(89)42-41-63(87)78(13,14)84(18)59(45-51(2)3)69(92)76(9,10)82-57(46-53-31-24-23-25-32-53)68(91)79(15,16)85(67)19/h23-25,27,30-34,36,38,40,47-48,51-52,57-60,67,80,82H,22,26,28-29,35,37,39,41-46,49-50H2,1-21H3,(H,81,89)/t52?,57-,58?,59?,60-,67?/m1/s1. The van der Waals surface area contributed by atoms with Crippen LogP contribution < -0.4 is 25.4 Å². The Morgan fingerprint density at radius 1 is 0.660 bits per heavy atom. The molecule has 2 bridgehead atoms. The van der Waals surface area contributed by atoms with Crippen LogP contribution in [0.25, 0.3) is 0 Å². The van der Waals surface area contributed by atoms with E-state index in [4.69, 9.17) is 18.9 Å². The van der Waals surface area contributed by atoms with E-state index < -0.39 is 99.5 Å². The van der Waals surface area contributed by atoms with E-state index >= 15 is 14.4 Å². The summed E-state index contributed by atoms with van der Waals surface area (Å²) in [6, 6.07) is 18.1. The second-order valence-corrected chi connectivity index (χ2v) is 31.1. The zero-order valence-corrected chi connectivity index (χ0v) is 63.7. The molecule has 2 amide bonds. The Hall–Kier alpha value is -7.30. The maximum Gasteiger partial charge on any atom is 0.330 e. The van der Waals surface area contributed by atoms with E-state index in [1.807, 2.05) is 80.0 Å². The number of nitrogens with one attached hydrogen (secondary N) is 3. The second kappa shape index (κ2) is 35.5. The van der Waals surface area contributed by atoms with E-state index in [0.29, 0.717) is 67.8 Å². The number of methoxy groups -OCH3 is 2. The van der Waals surface area contributed by atoms with Crippen molar-refractivity contribution in [1.82, 2.24) is 30.2 Å². The minimum Gasteiger partial charge on any atom is -0.493 e. The molecule has 1 fully saturated rings. The lowest BCUT2D eigenvalue weighted by atomic mass is 9.79. The Labute approximate surface area is 595 Å². The summed E-state index contributed by atoms with van der Waals surface area (Å²) in [7, 11) is 8.38. The summed E-state index contributed by atoms with van der Waals surface area (Å²) in [6.45, 7) is 28.4. The Kier molecular flexibility index (Phi) is 29.6. The van der Waals surface area contributed by atoms with Gasteiger partial charge in [-0.2, -0.15) is 0 Å². The molecule has 1 saturated heterocycles. The third kappa shape index (κ3) is 21.4. The lowest BCUT2D eigenvalue weighted by Crippen LogP contribution is -2.68. The molecule has 0 radical (unpaired) electrons. The van der Waals surface area contributed by atoms with Crippen molar-refractivity contribution in [3.8, 4) is 11.5 Å². The van der Waals surface area contributed by atoms with Gasteiger partial charge in [0.1, 0.15) is 18.8 Å². The van der Waals surface area contributed by atoms with Crippen molar-refractivity contribution in [2.75, 3.05) is 66.9 Å². The maximum atomic E-state index is 15.7. The quantitative estimate of drug-likeness (QED) is 0.119. The number of Topliss-reactive ketones (excluding diaryl/α,β-unsaturated/α-hetero) is 6. The topological polar surface area (TPSA) is 257 Å². The molecule has 2 aliphatic rings. The number of benzene rings is 3. The number of hydrogen-bond acceptors (Lipinski definition) is 19. The fourth-order valence-electron chi connectivity index (χ4n) is 13.0. The van der Waals surface area contributed by atoms with Crippen molar-refractivity contribution >= 4 is 64.1 Å². The Morgan fingerprint density at radius 3 is 1.95 bits per heavy atom. The predicted octanol–water partition coefficient (Wildman–Crippen LogP) is 10.3. The number of hydrogen-bond donors (Lipinski definition) is 3. The summed E-state index contributed by atoms with van der Waals surface area (Å²) < 4.78 is 23.0. The number of carbonyl (C=O) groups is 10. The van der Waals surface area contributed by atoms with Gasteiger partial charge in [0.15, 0.2) is 40.4 Å². The number of cyclic esters (lactones) is 2. The van der Waals surface area contributed by atoms with Crippen molar-refractivity contribution in [3.63, 3.8) is 0 Å². The molecule has 0 aromatic heterocycles. The highest BCUT2D eigenvalue weighted by Crippen LogP contribution is 2.35. The smallest absolute Gasteiger partial charge is 0.330 e. The molecule has 0 spiro atoms.